The fourth-order valence-corrected chi connectivity index (χ4v) is 7.66. The van der Waals surface area contributed by atoms with Crippen molar-refractivity contribution in [2.24, 2.45) is 0 Å². The van der Waals surface area contributed by atoms with Gasteiger partial charge >= 0.3 is 0 Å². The van der Waals surface area contributed by atoms with E-state index in [1.165, 1.54) is 42.1 Å². The van der Waals surface area contributed by atoms with Gasteiger partial charge in [0.15, 0.2) is 17.5 Å². The van der Waals surface area contributed by atoms with E-state index in [9.17, 15) is 0 Å². The molecule has 0 N–H and O–H groups in total. The lowest BCUT2D eigenvalue weighted by molar-refractivity contribution is 1.08. The number of nitrogens with zero attached hydrogens (tertiary/aromatic N) is 3. The molecule has 2 aromatic heterocycles. The molecule has 7 aromatic carbocycles. The summed E-state index contributed by atoms with van der Waals surface area (Å²) in [5.74, 6) is 1.99. The second-order valence-electron chi connectivity index (χ2n) is 11.6. The summed E-state index contributed by atoms with van der Waals surface area (Å²) in [7, 11) is 0. The van der Waals surface area contributed by atoms with Gasteiger partial charge in [0, 0.05) is 36.9 Å². The molecule has 0 fully saturated rings. The Morgan fingerprint density at radius 3 is 1.72 bits per heavy atom. The van der Waals surface area contributed by atoms with Crippen LogP contribution in [0.1, 0.15) is 0 Å². The third-order valence-corrected chi connectivity index (χ3v) is 9.95. The zero-order valence-electron chi connectivity index (χ0n) is 25.3. The van der Waals surface area contributed by atoms with Crippen LogP contribution in [-0.2, 0) is 0 Å². The van der Waals surface area contributed by atoms with Crippen molar-refractivity contribution in [3.8, 4) is 56.4 Å². The van der Waals surface area contributed by atoms with Gasteiger partial charge in [-0.25, -0.2) is 15.0 Å². The number of fused-ring (bicyclic) bond motifs is 4. The van der Waals surface area contributed by atoms with Crippen LogP contribution in [0.25, 0.3) is 87.4 Å². The molecule has 9 aromatic rings. The number of hydrogen-bond donors (Lipinski definition) is 0. The summed E-state index contributed by atoms with van der Waals surface area (Å²) in [6, 6.07) is 57.5. The summed E-state index contributed by atoms with van der Waals surface area (Å²) in [5, 5.41) is 4.97. The Balaban J connectivity index is 1.18. The highest BCUT2D eigenvalue weighted by Gasteiger charge is 2.17. The molecular formula is C43H27N3S. The van der Waals surface area contributed by atoms with Crippen LogP contribution in [0, 0.1) is 0 Å². The molecule has 0 spiro atoms. The van der Waals surface area contributed by atoms with Crippen molar-refractivity contribution < 1.29 is 0 Å². The lowest BCUT2D eigenvalue weighted by Gasteiger charge is -2.11. The van der Waals surface area contributed by atoms with Gasteiger partial charge in [0.1, 0.15) is 0 Å². The lowest BCUT2D eigenvalue weighted by Crippen LogP contribution is -2.00. The highest BCUT2D eigenvalue weighted by Crippen LogP contribution is 2.40. The van der Waals surface area contributed by atoms with E-state index in [0.29, 0.717) is 17.5 Å². The molecule has 0 aliphatic rings. The van der Waals surface area contributed by atoms with Gasteiger partial charge in [-0.15, -0.1) is 11.3 Å². The van der Waals surface area contributed by atoms with Gasteiger partial charge < -0.3 is 0 Å². The Labute approximate surface area is 276 Å². The molecule has 0 aliphatic heterocycles. The monoisotopic (exact) mass is 617 g/mol. The second kappa shape index (κ2) is 11.4. The Morgan fingerprint density at radius 1 is 0.340 bits per heavy atom. The Kier molecular flexibility index (Phi) is 6.65. The molecule has 220 valence electrons. The summed E-state index contributed by atoms with van der Waals surface area (Å²) in [5.41, 5.74) is 7.59. The first-order valence-corrected chi connectivity index (χ1v) is 16.5. The zero-order chi connectivity index (χ0) is 31.2. The standard InChI is InChI=1S/C43H27N3S/c1-2-13-29(14-3-1)41-44-42(46-43(45-41)38-24-11-23-37-36-21-6-7-25-39(36)47-40(37)38)33-19-9-17-31(27-33)30-16-8-18-32(26-30)35-22-10-15-28-12-4-5-20-34(28)35/h1-27H. The lowest BCUT2D eigenvalue weighted by atomic mass is 9.95. The van der Waals surface area contributed by atoms with E-state index in [-0.39, 0.29) is 0 Å². The average Bonchev–Trinajstić information content (AvgIpc) is 3.54. The predicted octanol–water partition coefficient (Wildman–Crippen LogP) is 11.7. The third kappa shape index (κ3) is 4.96. The Bertz CT molecular complexity index is 2580. The number of benzene rings is 7. The molecule has 0 aliphatic carbocycles. The van der Waals surface area contributed by atoms with Crippen LogP contribution >= 0.6 is 11.3 Å². The summed E-state index contributed by atoms with van der Waals surface area (Å²) in [6.45, 7) is 0. The highest BCUT2D eigenvalue weighted by atomic mass is 32.1. The molecule has 9 rings (SSSR count). The molecule has 47 heavy (non-hydrogen) atoms. The predicted molar refractivity (Wildman–Crippen MR) is 197 cm³/mol. The van der Waals surface area contributed by atoms with Crippen molar-refractivity contribution in [3.63, 3.8) is 0 Å². The van der Waals surface area contributed by atoms with Crippen LogP contribution in [0.4, 0.5) is 0 Å². The smallest absolute Gasteiger partial charge is 0.165 e. The summed E-state index contributed by atoms with van der Waals surface area (Å²) >= 11 is 1.79. The summed E-state index contributed by atoms with van der Waals surface area (Å²) in [4.78, 5) is 15.2. The zero-order valence-corrected chi connectivity index (χ0v) is 26.2. The molecule has 2 heterocycles. The van der Waals surface area contributed by atoms with Crippen LogP contribution in [-0.4, -0.2) is 15.0 Å². The van der Waals surface area contributed by atoms with Gasteiger partial charge in [0.25, 0.3) is 0 Å². The van der Waals surface area contributed by atoms with Crippen molar-refractivity contribution in [1.29, 1.82) is 0 Å². The summed E-state index contributed by atoms with van der Waals surface area (Å²) < 4.78 is 2.44. The molecule has 0 radical (unpaired) electrons. The van der Waals surface area contributed by atoms with Crippen LogP contribution in [0.15, 0.2) is 164 Å². The molecule has 0 saturated carbocycles. The molecule has 0 atom stereocenters. The number of rotatable bonds is 5. The van der Waals surface area contributed by atoms with E-state index in [4.69, 9.17) is 15.0 Å². The molecule has 0 amide bonds. The van der Waals surface area contributed by atoms with Gasteiger partial charge in [0.2, 0.25) is 0 Å². The van der Waals surface area contributed by atoms with E-state index < -0.39 is 0 Å². The maximum Gasteiger partial charge on any atom is 0.165 e. The maximum absolute atomic E-state index is 5.14. The van der Waals surface area contributed by atoms with Crippen molar-refractivity contribution in [2.75, 3.05) is 0 Å². The normalized spacial score (nSPS) is 11.4. The van der Waals surface area contributed by atoms with E-state index >= 15 is 0 Å². The first-order chi connectivity index (χ1) is 23.3. The second-order valence-corrected chi connectivity index (χ2v) is 12.7. The van der Waals surface area contributed by atoms with Crippen LogP contribution in [0.2, 0.25) is 0 Å². The molecule has 3 nitrogen and oxygen atoms in total. The van der Waals surface area contributed by atoms with Crippen molar-refractivity contribution in [2.45, 2.75) is 0 Å². The minimum atomic E-state index is 0.652. The van der Waals surface area contributed by atoms with Gasteiger partial charge in [-0.1, -0.05) is 140 Å². The Morgan fingerprint density at radius 2 is 0.872 bits per heavy atom. The number of aromatic nitrogens is 3. The van der Waals surface area contributed by atoms with Crippen LogP contribution < -0.4 is 0 Å². The van der Waals surface area contributed by atoms with Crippen molar-refractivity contribution in [1.82, 2.24) is 15.0 Å². The largest absolute Gasteiger partial charge is 0.208 e. The van der Waals surface area contributed by atoms with Gasteiger partial charge in [-0.05, 0) is 57.3 Å². The molecular weight excluding hydrogens is 591 g/mol. The fourth-order valence-electron chi connectivity index (χ4n) is 6.45. The van der Waals surface area contributed by atoms with Crippen molar-refractivity contribution in [3.05, 3.63) is 164 Å². The number of hydrogen-bond acceptors (Lipinski definition) is 4. The van der Waals surface area contributed by atoms with E-state index in [2.05, 4.69) is 146 Å². The third-order valence-electron chi connectivity index (χ3n) is 8.73. The van der Waals surface area contributed by atoms with Crippen LogP contribution in [0.5, 0.6) is 0 Å². The Hall–Kier alpha value is -5.97. The van der Waals surface area contributed by atoms with Gasteiger partial charge in [-0.2, -0.15) is 0 Å². The first kappa shape index (κ1) is 27.3. The quantitative estimate of drug-likeness (QED) is 0.193. The topological polar surface area (TPSA) is 38.7 Å². The van der Waals surface area contributed by atoms with Gasteiger partial charge in [-0.3, -0.25) is 0 Å². The molecule has 0 saturated heterocycles. The number of thiophene rings is 1. The van der Waals surface area contributed by atoms with Gasteiger partial charge in [0.05, 0.1) is 0 Å². The molecule has 4 heteroatoms. The minimum Gasteiger partial charge on any atom is -0.208 e. The molecule has 0 bridgehead atoms. The fraction of sp³-hybridized carbons (Fsp3) is 0. The SMILES string of the molecule is c1ccc(-c2nc(-c3cccc(-c4cccc(-c5cccc6ccccc56)c4)c3)nc(-c3cccc4c3sc3ccccc34)n2)cc1. The van der Waals surface area contributed by atoms with E-state index in [1.54, 1.807) is 11.3 Å². The van der Waals surface area contributed by atoms with E-state index in [0.717, 1.165) is 27.8 Å². The minimum absolute atomic E-state index is 0.652. The maximum atomic E-state index is 5.14. The average molecular weight is 618 g/mol. The molecule has 0 unspecified atom stereocenters. The first-order valence-electron chi connectivity index (χ1n) is 15.7. The van der Waals surface area contributed by atoms with Crippen LogP contribution in [0.3, 0.4) is 0 Å². The van der Waals surface area contributed by atoms with E-state index in [1.807, 2.05) is 18.2 Å². The highest BCUT2D eigenvalue weighted by molar-refractivity contribution is 7.26. The van der Waals surface area contributed by atoms with Crippen molar-refractivity contribution >= 4 is 42.3 Å². The summed E-state index contributed by atoms with van der Waals surface area (Å²) in [6.07, 6.45) is 0.